The molecule has 6 heteroatoms. The lowest BCUT2D eigenvalue weighted by Gasteiger charge is -2.26. The minimum absolute atomic E-state index is 0.100. The number of carbonyl (C=O) groups is 1. The molecule has 0 bridgehead atoms. The lowest BCUT2D eigenvalue weighted by Crippen LogP contribution is -2.41. The lowest BCUT2D eigenvalue weighted by atomic mass is 10.0. The van der Waals surface area contributed by atoms with Gasteiger partial charge in [-0.15, -0.1) is 0 Å². The van der Waals surface area contributed by atoms with Crippen LogP contribution in [0.2, 0.25) is 0 Å². The Balaban J connectivity index is 1.59. The van der Waals surface area contributed by atoms with Crippen LogP contribution in [-0.2, 0) is 4.74 Å². The summed E-state index contributed by atoms with van der Waals surface area (Å²) in [5.41, 5.74) is 3.64. The van der Waals surface area contributed by atoms with Crippen LogP contribution in [0.4, 0.5) is 11.4 Å². The molecule has 1 aliphatic rings. The highest BCUT2D eigenvalue weighted by Crippen LogP contribution is 2.26. The monoisotopic (exact) mass is 368 g/mol. The van der Waals surface area contributed by atoms with Crippen molar-refractivity contribution in [3.8, 4) is 0 Å². The predicted molar refractivity (Wildman–Crippen MR) is 108 cm³/mol. The van der Waals surface area contributed by atoms with Crippen molar-refractivity contribution >= 4 is 17.3 Å². The zero-order chi connectivity index (χ0) is 19.1. The number of carbonyl (C=O) groups excluding carboxylic acids is 1. The van der Waals surface area contributed by atoms with Gasteiger partial charge in [0.05, 0.1) is 30.7 Å². The van der Waals surface area contributed by atoms with E-state index in [9.17, 15) is 4.79 Å². The summed E-state index contributed by atoms with van der Waals surface area (Å²) in [6.45, 7) is 9.16. The maximum atomic E-state index is 12.4. The Morgan fingerprint density at radius 1 is 1.22 bits per heavy atom. The number of hydrogen-bond donors (Lipinski definition) is 2. The number of anilines is 2. The Bertz CT molecular complexity index is 757. The first-order valence-corrected chi connectivity index (χ1v) is 9.53. The van der Waals surface area contributed by atoms with E-state index in [1.165, 1.54) is 5.56 Å². The third kappa shape index (κ3) is 5.52. The molecule has 0 radical (unpaired) electrons. The molecule has 144 valence electrons. The summed E-state index contributed by atoms with van der Waals surface area (Å²) in [5, 5.41) is 6.37. The number of para-hydroxylation sites is 1. The average molecular weight is 368 g/mol. The summed E-state index contributed by atoms with van der Waals surface area (Å²) in [7, 11) is 0. The van der Waals surface area contributed by atoms with Gasteiger partial charge < -0.3 is 15.4 Å². The summed E-state index contributed by atoms with van der Waals surface area (Å²) in [6, 6.07) is 10.0. The van der Waals surface area contributed by atoms with Crippen LogP contribution in [0.15, 0.2) is 42.7 Å². The van der Waals surface area contributed by atoms with Gasteiger partial charge in [-0.2, -0.15) is 0 Å². The average Bonchev–Trinajstić information content (AvgIpc) is 2.69. The van der Waals surface area contributed by atoms with Crippen LogP contribution in [-0.4, -0.2) is 55.2 Å². The summed E-state index contributed by atoms with van der Waals surface area (Å²) in [5.74, 6) is 0.310. The van der Waals surface area contributed by atoms with Crippen molar-refractivity contribution < 1.29 is 9.53 Å². The highest BCUT2D eigenvalue weighted by atomic mass is 16.5. The standard InChI is InChI=1S/C21H28N4O2/c1-16(2)19-5-3-4-6-20(19)24-18-13-17(14-22-15-18)21(26)23-7-8-25-9-11-27-12-10-25/h3-6,13-16,24H,7-12H2,1-2H3,(H,23,26). The number of ether oxygens (including phenoxy) is 1. The zero-order valence-electron chi connectivity index (χ0n) is 16.1. The van der Waals surface area contributed by atoms with Crippen LogP contribution in [0, 0.1) is 0 Å². The number of aromatic nitrogens is 1. The zero-order valence-corrected chi connectivity index (χ0v) is 16.1. The lowest BCUT2D eigenvalue weighted by molar-refractivity contribution is 0.0383. The quantitative estimate of drug-likeness (QED) is 0.786. The van der Waals surface area contributed by atoms with Gasteiger partial charge in [-0.25, -0.2) is 0 Å². The number of benzene rings is 1. The molecule has 1 saturated heterocycles. The van der Waals surface area contributed by atoms with E-state index in [0.29, 0.717) is 18.0 Å². The number of amides is 1. The number of rotatable bonds is 7. The normalized spacial score (nSPS) is 14.9. The topological polar surface area (TPSA) is 66.5 Å². The summed E-state index contributed by atoms with van der Waals surface area (Å²) < 4.78 is 5.34. The second-order valence-corrected chi connectivity index (χ2v) is 7.04. The van der Waals surface area contributed by atoms with Gasteiger partial charge in [0.2, 0.25) is 0 Å². The number of hydrogen-bond acceptors (Lipinski definition) is 5. The summed E-state index contributed by atoms with van der Waals surface area (Å²) >= 11 is 0. The molecule has 2 N–H and O–H groups in total. The molecule has 2 heterocycles. The van der Waals surface area contributed by atoms with Crippen molar-refractivity contribution in [2.45, 2.75) is 19.8 Å². The van der Waals surface area contributed by atoms with E-state index in [0.717, 1.165) is 44.2 Å². The Morgan fingerprint density at radius 2 is 2.00 bits per heavy atom. The molecule has 1 aliphatic heterocycles. The SMILES string of the molecule is CC(C)c1ccccc1Nc1cncc(C(=O)NCCN2CCOCC2)c1. The van der Waals surface area contributed by atoms with Crippen molar-refractivity contribution in [2.24, 2.45) is 0 Å². The van der Waals surface area contributed by atoms with E-state index >= 15 is 0 Å². The summed E-state index contributed by atoms with van der Waals surface area (Å²) in [6.07, 6.45) is 3.34. The number of nitrogens with one attached hydrogen (secondary N) is 2. The predicted octanol–water partition coefficient (Wildman–Crippen LogP) is 3.01. The molecule has 6 nitrogen and oxygen atoms in total. The minimum atomic E-state index is -0.100. The molecule has 1 amide bonds. The smallest absolute Gasteiger partial charge is 0.252 e. The molecular weight excluding hydrogens is 340 g/mol. The van der Waals surface area contributed by atoms with E-state index in [1.54, 1.807) is 12.4 Å². The summed E-state index contributed by atoms with van der Waals surface area (Å²) in [4.78, 5) is 19.0. The molecule has 0 saturated carbocycles. The van der Waals surface area contributed by atoms with Crippen LogP contribution in [0.3, 0.4) is 0 Å². The van der Waals surface area contributed by atoms with Gasteiger partial charge in [-0.05, 0) is 23.6 Å². The molecular formula is C21H28N4O2. The van der Waals surface area contributed by atoms with Crippen LogP contribution < -0.4 is 10.6 Å². The fourth-order valence-electron chi connectivity index (χ4n) is 3.16. The van der Waals surface area contributed by atoms with Crippen LogP contribution in [0.5, 0.6) is 0 Å². The van der Waals surface area contributed by atoms with Crippen molar-refractivity contribution in [3.63, 3.8) is 0 Å². The third-order valence-electron chi connectivity index (χ3n) is 4.68. The van der Waals surface area contributed by atoms with E-state index in [4.69, 9.17) is 4.74 Å². The largest absolute Gasteiger partial charge is 0.379 e. The van der Waals surface area contributed by atoms with E-state index in [-0.39, 0.29) is 5.91 Å². The maximum Gasteiger partial charge on any atom is 0.252 e. The van der Waals surface area contributed by atoms with Crippen LogP contribution in [0.25, 0.3) is 0 Å². The van der Waals surface area contributed by atoms with E-state index < -0.39 is 0 Å². The Kier molecular flexibility index (Phi) is 6.79. The Morgan fingerprint density at radius 3 is 2.78 bits per heavy atom. The van der Waals surface area contributed by atoms with Gasteiger partial charge in [0.25, 0.3) is 5.91 Å². The molecule has 0 unspecified atom stereocenters. The van der Waals surface area contributed by atoms with Gasteiger partial charge in [-0.1, -0.05) is 32.0 Å². The highest BCUT2D eigenvalue weighted by Gasteiger charge is 2.12. The van der Waals surface area contributed by atoms with Crippen molar-refractivity contribution in [1.29, 1.82) is 0 Å². The highest BCUT2D eigenvalue weighted by molar-refractivity contribution is 5.94. The van der Waals surface area contributed by atoms with Crippen molar-refractivity contribution in [2.75, 3.05) is 44.7 Å². The number of morpholine rings is 1. The van der Waals surface area contributed by atoms with Gasteiger partial charge in [0, 0.05) is 38.1 Å². The molecule has 3 rings (SSSR count). The fraction of sp³-hybridized carbons (Fsp3) is 0.429. The van der Waals surface area contributed by atoms with E-state index in [1.807, 2.05) is 24.3 Å². The molecule has 1 fully saturated rings. The van der Waals surface area contributed by atoms with E-state index in [2.05, 4.69) is 40.4 Å². The first kappa shape index (κ1) is 19.3. The molecule has 0 atom stereocenters. The number of pyridine rings is 1. The first-order chi connectivity index (χ1) is 13.1. The van der Waals surface area contributed by atoms with Crippen LogP contribution in [0.1, 0.15) is 35.7 Å². The molecule has 2 aromatic rings. The third-order valence-corrected chi connectivity index (χ3v) is 4.68. The molecule has 1 aromatic carbocycles. The molecule has 1 aromatic heterocycles. The molecule has 27 heavy (non-hydrogen) atoms. The van der Waals surface area contributed by atoms with Gasteiger partial charge in [0.1, 0.15) is 0 Å². The van der Waals surface area contributed by atoms with Crippen molar-refractivity contribution in [3.05, 3.63) is 53.9 Å². The Labute approximate surface area is 160 Å². The molecule has 0 aliphatic carbocycles. The molecule has 0 spiro atoms. The van der Waals surface area contributed by atoms with Crippen LogP contribution >= 0.6 is 0 Å². The second kappa shape index (κ2) is 9.48. The second-order valence-electron chi connectivity index (χ2n) is 7.04. The number of nitrogens with zero attached hydrogens (tertiary/aromatic N) is 2. The fourth-order valence-corrected chi connectivity index (χ4v) is 3.16. The minimum Gasteiger partial charge on any atom is -0.379 e. The van der Waals surface area contributed by atoms with Gasteiger partial charge >= 0.3 is 0 Å². The van der Waals surface area contributed by atoms with Gasteiger partial charge in [-0.3, -0.25) is 14.7 Å². The Hall–Kier alpha value is -2.44. The first-order valence-electron chi connectivity index (χ1n) is 9.53. The maximum absolute atomic E-state index is 12.4. The van der Waals surface area contributed by atoms with Crippen molar-refractivity contribution in [1.82, 2.24) is 15.2 Å². The van der Waals surface area contributed by atoms with Gasteiger partial charge in [0.15, 0.2) is 0 Å².